The molecule has 0 aliphatic rings. The second kappa shape index (κ2) is 4.65. The molecule has 2 heterocycles. The van der Waals surface area contributed by atoms with Crippen LogP contribution in [0.3, 0.4) is 0 Å². The van der Waals surface area contributed by atoms with Gasteiger partial charge in [-0.25, -0.2) is 4.98 Å². The number of hydrogen-bond donors (Lipinski definition) is 1. The number of thiophene rings is 1. The van der Waals surface area contributed by atoms with Gasteiger partial charge in [0.2, 0.25) is 0 Å². The number of rotatable bonds is 3. The van der Waals surface area contributed by atoms with Crippen LogP contribution in [0.15, 0.2) is 10.8 Å². The van der Waals surface area contributed by atoms with E-state index in [4.69, 9.17) is 0 Å². The van der Waals surface area contributed by atoms with Crippen molar-refractivity contribution in [3.8, 4) is 0 Å². The fraction of sp³-hybridized carbons (Fsp3) is 0.417. The number of thiazole rings is 1. The van der Waals surface area contributed by atoms with Gasteiger partial charge in [-0.2, -0.15) is 11.3 Å². The smallest absolute Gasteiger partial charge is 0.0960 e. The van der Waals surface area contributed by atoms with Crippen molar-refractivity contribution in [3.63, 3.8) is 0 Å². The average Bonchev–Trinajstić information content (AvgIpc) is 2.74. The van der Waals surface area contributed by atoms with Crippen molar-refractivity contribution in [2.24, 2.45) is 0 Å². The van der Waals surface area contributed by atoms with Gasteiger partial charge in [0.25, 0.3) is 0 Å². The number of hydrogen-bond acceptors (Lipinski definition) is 4. The SMILES string of the molecule is Cc1cscc1C(O)Cc1nc(C)c(C)s1. The molecule has 16 heavy (non-hydrogen) atoms. The zero-order valence-corrected chi connectivity index (χ0v) is 11.3. The number of aliphatic hydroxyl groups excluding tert-OH is 1. The third-order valence-electron chi connectivity index (χ3n) is 2.69. The highest BCUT2D eigenvalue weighted by Crippen LogP contribution is 2.27. The summed E-state index contributed by atoms with van der Waals surface area (Å²) in [5.41, 5.74) is 3.28. The van der Waals surface area contributed by atoms with Crippen LogP contribution in [0.2, 0.25) is 0 Å². The molecule has 86 valence electrons. The molecule has 2 nitrogen and oxygen atoms in total. The summed E-state index contributed by atoms with van der Waals surface area (Å²) in [5.74, 6) is 0. The molecule has 0 radical (unpaired) electrons. The molecule has 2 rings (SSSR count). The molecule has 0 bridgehead atoms. The number of aromatic nitrogens is 1. The molecule has 0 aliphatic carbocycles. The lowest BCUT2D eigenvalue weighted by atomic mass is 10.1. The van der Waals surface area contributed by atoms with Crippen LogP contribution in [0.25, 0.3) is 0 Å². The lowest BCUT2D eigenvalue weighted by molar-refractivity contribution is 0.178. The van der Waals surface area contributed by atoms with E-state index < -0.39 is 6.10 Å². The second-order valence-electron chi connectivity index (χ2n) is 3.98. The Bertz CT molecular complexity index is 467. The molecule has 0 fully saturated rings. The molecule has 4 heteroatoms. The highest BCUT2D eigenvalue weighted by Gasteiger charge is 2.14. The quantitative estimate of drug-likeness (QED) is 0.909. The van der Waals surface area contributed by atoms with E-state index in [-0.39, 0.29) is 0 Å². The third-order valence-corrected chi connectivity index (χ3v) is 4.67. The Morgan fingerprint density at radius 2 is 2.06 bits per heavy atom. The summed E-state index contributed by atoms with van der Waals surface area (Å²) >= 11 is 3.31. The Kier molecular flexibility index (Phi) is 3.42. The van der Waals surface area contributed by atoms with Gasteiger partial charge in [-0.15, -0.1) is 11.3 Å². The molecule has 1 atom stereocenters. The van der Waals surface area contributed by atoms with Gasteiger partial charge in [-0.1, -0.05) is 0 Å². The molecule has 0 aliphatic heterocycles. The second-order valence-corrected chi connectivity index (χ2v) is 6.01. The Morgan fingerprint density at radius 3 is 2.56 bits per heavy atom. The highest BCUT2D eigenvalue weighted by molar-refractivity contribution is 7.11. The van der Waals surface area contributed by atoms with E-state index in [9.17, 15) is 5.11 Å². The van der Waals surface area contributed by atoms with Crippen molar-refractivity contribution in [2.75, 3.05) is 0 Å². The predicted octanol–water partition coefficient (Wildman–Crippen LogP) is 3.41. The van der Waals surface area contributed by atoms with Crippen LogP contribution in [-0.4, -0.2) is 10.1 Å². The fourth-order valence-corrected chi connectivity index (χ4v) is 3.48. The van der Waals surface area contributed by atoms with Gasteiger partial charge in [-0.05, 0) is 42.7 Å². The lowest BCUT2D eigenvalue weighted by Crippen LogP contribution is -2.01. The summed E-state index contributed by atoms with van der Waals surface area (Å²) < 4.78 is 0. The number of aliphatic hydroxyl groups is 1. The molecule has 0 aromatic carbocycles. The van der Waals surface area contributed by atoms with Crippen LogP contribution in [0.1, 0.15) is 32.8 Å². The standard InChI is InChI=1S/C12H15NOS2/c1-7-5-15-6-10(7)11(14)4-12-13-8(2)9(3)16-12/h5-6,11,14H,4H2,1-3H3. The number of aryl methyl sites for hydroxylation is 3. The van der Waals surface area contributed by atoms with Crippen LogP contribution in [0, 0.1) is 20.8 Å². The van der Waals surface area contributed by atoms with Gasteiger partial charge in [0.05, 0.1) is 16.8 Å². The molecule has 0 saturated heterocycles. The minimum Gasteiger partial charge on any atom is -0.388 e. The topological polar surface area (TPSA) is 33.1 Å². The van der Waals surface area contributed by atoms with Crippen molar-refractivity contribution >= 4 is 22.7 Å². The summed E-state index contributed by atoms with van der Waals surface area (Å²) in [5, 5.41) is 15.2. The first-order valence-electron chi connectivity index (χ1n) is 5.21. The zero-order valence-electron chi connectivity index (χ0n) is 9.65. The van der Waals surface area contributed by atoms with E-state index >= 15 is 0 Å². The van der Waals surface area contributed by atoms with Crippen molar-refractivity contribution in [1.29, 1.82) is 0 Å². The monoisotopic (exact) mass is 253 g/mol. The summed E-state index contributed by atoms with van der Waals surface area (Å²) in [6.07, 6.45) is 0.202. The third kappa shape index (κ3) is 2.34. The molecular formula is C12H15NOS2. The van der Waals surface area contributed by atoms with Gasteiger partial charge < -0.3 is 5.11 Å². The minimum absolute atomic E-state index is 0.420. The summed E-state index contributed by atoms with van der Waals surface area (Å²) in [4.78, 5) is 5.69. The first-order chi connectivity index (χ1) is 7.58. The van der Waals surface area contributed by atoms with E-state index in [0.717, 1.165) is 16.3 Å². The highest BCUT2D eigenvalue weighted by atomic mass is 32.1. The summed E-state index contributed by atoms with van der Waals surface area (Å²) in [6, 6.07) is 0. The van der Waals surface area contributed by atoms with Crippen molar-refractivity contribution in [3.05, 3.63) is 37.5 Å². The van der Waals surface area contributed by atoms with E-state index in [2.05, 4.69) is 17.3 Å². The first-order valence-corrected chi connectivity index (χ1v) is 6.97. The van der Waals surface area contributed by atoms with Crippen molar-refractivity contribution in [1.82, 2.24) is 4.98 Å². The maximum atomic E-state index is 10.1. The van der Waals surface area contributed by atoms with Gasteiger partial charge in [0.15, 0.2) is 0 Å². The van der Waals surface area contributed by atoms with Crippen molar-refractivity contribution in [2.45, 2.75) is 33.3 Å². The Hall–Kier alpha value is -0.710. The van der Waals surface area contributed by atoms with E-state index in [1.807, 2.05) is 19.2 Å². The summed E-state index contributed by atoms with van der Waals surface area (Å²) in [6.45, 7) is 6.11. The summed E-state index contributed by atoms with van der Waals surface area (Å²) in [7, 11) is 0. The molecule has 0 amide bonds. The maximum absolute atomic E-state index is 10.1. The lowest BCUT2D eigenvalue weighted by Gasteiger charge is -2.07. The predicted molar refractivity (Wildman–Crippen MR) is 69.3 cm³/mol. The van der Waals surface area contributed by atoms with Gasteiger partial charge >= 0.3 is 0 Å². The van der Waals surface area contributed by atoms with Crippen LogP contribution in [0.5, 0.6) is 0 Å². The van der Waals surface area contributed by atoms with Crippen LogP contribution < -0.4 is 0 Å². The minimum atomic E-state index is -0.420. The Labute approximate surface area is 104 Å². The molecule has 0 spiro atoms. The molecular weight excluding hydrogens is 238 g/mol. The Morgan fingerprint density at radius 1 is 1.31 bits per heavy atom. The average molecular weight is 253 g/mol. The molecule has 1 unspecified atom stereocenters. The Balaban J connectivity index is 2.13. The molecule has 2 aromatic rings. The maximum Gasteiger partial charge on any atom is 0.0960 e. The zero-order chi connectivity index (χ0) is 11.7. The van der Waals surface area contributed by atoms with Crippen molar-refractivity contribution < 1.29 is 5.11 Å². The van der Waals surface area contributed by atoms with E-state index in [0.29, 0.717) is 6.42 Å². The van der Waals surface area contributed by atoms with Gasteiger partial charge in [0, 0.05) is 11.3 Å². The van der Waals surface area contributed by atoms with E-state index in [1.165, 1.54) is 10.4 Å². The molecule has 2 aromatic heterocycles. The first kappa shape index (κ1) is 11.8. The van der Waals surface area contributed by atoms with E-state index in [1.54, 1.807) is 22.7 Å². The van der Waals surface area contributed by atoms with Gasteiger partial charge in [0.1, 0.15) is 0 Å². The van der Waals surface area contributed by atoms with Crippen LogP contribution in [0.4, 0.5) is 0 Å². The molecule has 0 saturated carbocycles. The molecule has 1 N–H and O–H groups in total. The van der Waals surface area contributed by atoms with Crippen LogP contribution >= 0.6 is 22.7 Å². The number of nitrogens with zero attached hydrogens (tertiary/aromatic N) is 1. The fourth-order valence-electron chi connectivity index (χ4n) is 1.61. The normalized spacial score (nSPS) is 13.0. The van der Waals surface area contributed by atoms with Gasteiger partial charge in [-0.3, -0.25) is 0 Å². The largest absolute Gasteiger partial charge is 0.388 e. The van der Waals surface area contributed by atoms with Crippen LogP contribution in [-0.2, 0) is 6.42 Å².